The van der Waals surface area contributed by atoms with Crippen molar-refractivity contribution in [2.24, 2.45) is 5.73 Å². The van der Waals surface area contributed by atoms with Gasteiger partial charge in [0.15, 0.2) is 5.69 Å². The largest absolute Gasteiger partial charge is 0.464 e. The van der Waals surface area contributed by atoms with Crippen molar-refractivity contribution in [3.05, 3.63) is 41.5 Å². The van der Waals surface area contributed by atoms with Crippen LogP contribution >= 0.6 is 0 Å². The highest BCUT2D eigenvalue weighted by molar-refractivity contribution is 5.97. The molecule has 2 aromatic rings. The number of esters is 1. The van der Waals surface area contributed by atoms with Crippen LogP contribution in [0, 0.1) is 5.82 Å². The van der Waals surface area contributed by atoms with Crippen molar-refractivity contribution < 1.29 is 18.7 Å². The first-order chi connectivity index (χ1) is 9.43. The molecule has 0 aliphatic rings. The van der Waals surface area contributed by atoms with E-state index in [0.717, 1.165) is 12.1 Å². The first kappa shape index (κ1) is 13.5. The van der Waals surface area contributed by atoms with Gasteiger partial charge in [0.05, 0.1) is 30.2 Å². The van der Waals surface area contributed by atoms with E-state index in [0.29, 0.717) is 0 Å². The van der Waals surface area contributed by atoms with Crippen LogP contribution in [0.3, 0.4) is 0 Å². The van der Waals surface area contributed by atoms with Crippen molar-refractivity contribution in [3.63, 3.8) is 0 Å². The van der Waals surface area contributed by atoms with E-state index in [1.807, 2.05) is 0 Å². The van der Waals surface area contributed by atoms with Crippen LogP contribution in [0.25, 0.3) is 5.69 Å². The number of methoxy groups -OCH3 is 1. The van der Waals surface area contributed by atoms with Gasteiger partial charge in [-0.2, -0.15) is 5.10 Å². The van der Waals surface area contributed by atoms with Crippen molar-refractivity contribution in [3.8, 4) is 5.69 Å². The summed E-state index contributed by atoms with van der Waals surface area (Å²) in [5.74, 6) is -2.16. The Labute approximate surface area is 112 Å². The highest BCUT2D eigenvalue weighted by Gasteiger charge is 2.18. The lowest BCUT2D eigenvalue weighted by Crippen LogP contribution is -2.15. The Kier molecular flexibility index (Phi) is 3.38. The van der Waals surface area contributed by atoms with Crippen LogP contribution in [-0.2, 0) is 4.74 Å². The molecule has 0 fully saturated rings. The molecular formula is C12H11FN4O3. The fraction of sp³-hybridized carbons (Fsp3) is 0.0833. The van der Waals surface area contributed by atoms with Crippen molar-refractivity contribution in [2.45, 2.75) is 0 Å². The first-order valence-electron chi connectivity index (χ1n) is 5.47. The van der Waals surface area contributed by atoms with Crippen LogP contribution in [0.4, 0.5) is 10.1 Å². The van der Waals surface area contributed by atoms with Crippen molar-refractivity contribution in [1.82, 2.24) is 9.78 Å². The van der Waals surface area contributed by atoms with Gasteiger partial charge in [-0.3, -0.25) is 4.79 Å². The van der Waals surface area contributed by atoms with Gasteiger partial charge in [0, 0.05) is 0 Å². The molecular weight excluding hydrogens is 267 g/mol. The molecule has 0 saturated heterocycles. The summed E-state index contributed by atoms with van der Waals surface area (Å²) in [4.78, 5) is 22.7. The number of carbonyl (C=O) groups is 2. The SMILES string of the molecule is COC(=O)c1nn(-c2ccc(F)cc2C(N)=O)cc1N. The van der Waals surface area contributed by atoms with Crippen LogP contribution in [0.15, 0.2) is 24.4 Å². The third kappa shape index (κ3) is 2.30. The van der Waals surface area contributed by atoms with Crippen LogP contribution < -0.4 is 11.5 Å². The number of anilines is 1. The number of nitrogens with two attached hydrogens (primary N) is 2. The fourth-order valence-corrected chi connectivity index (χ4v) is 1.67. The Balaban J connectivity index is 2.58. The van der Waals surface area contributed by atoms with Crippen molar-refractivity contribution in [2.75, 3.05) is 12.8 Å². The number of rotatable bonds is 3. The highest BCUT2D eigenvalue weighted by atomic mass is 19.1. The zero-order chi connectivity index (χ0) is 14.9. The van der Waals surface area contributed by atoms with Gasteiger partial charge < -0.3 is 16.2 Å². The number of halogens is 1. The molecule has 7 nitrogen and oxygen atoms in total. The second kappa shape index (κ2) is 5.00. The van der Waals surface area contributed by atoms with E-state index in [1.54, 1.807) is 0 Å². The summed E-state index contributed by atoms with van der Waals surface area (Å²) in [6.07, 6.45) is 1.31. The van der Waals surface area contributed by atoms with E-state index in [-0.39, 0.29) is 22.6 Å². The third-order valence-corrected chi connectivity index (χ3v) is 2.59. The predicted octanol–water partition coefficient (Wildman–Crippen LogP) is 0.479. The summed E-state index contributed by atoms with van der Waals surface area (Å²) in [5.41, 5.74) is 10.9. The molecule has 0 aliphatic carbocycles. The number of nitrogen functional groups attached to an aromatic ring is 1. The maximum absolute atomic E-state index is 13.2. The zero-order valence-corrected chi connectivity index (χ0v) is 10.5. The van der Waals surface area contributed by atoms with Gasteiger partial charge in [-0.25, -0.2) is 13.9 Å². The number of hydrogen-bond acceptors (Lipinski definition) is 5. The van der Waals surface area contributed by atoms with Gasteiger partial charge in [0.1, 0.15) is 5.82 Å². The van der Waals surface area contributed by atoms with Crippen LogP contribution in [0.1, 0.15) is 20.8 Å². The van der Waals surface area contributed by atoms with E-state index < -0.39 is 17.7 Å². The van der Waals surface area contributed by atoms with Gasteiger partial charge in [0.25, 0.3) is 5.91 Å². The number of ether oxygens (including phenoxy) is 1. The van der Waals surface area contributed by atoms with E-state index in [2.05, 4.69) is 9.84 Å². The Morgan fingerprint density at radius 1 is 1.40 bits per heavy atom. The Hall–Kier alpha value is -2.90. The van der Waals surface area contributed by atoms with E-state index in [4.69, 9.17) is 11.5 Å². The molecule has 1 heterocycles. The molecule has 1 aromatic carbocycles. The first-order valence-corrected chi connectivity index (χ1v) is 5.47. The Morgan fingerprint density at radius 3 is 2.70 bits per heavy atom. The topological polar surface area (TPSA) is 113 Å². The van der Waals surface area contributed by atoms with E-state index in [1.165, 1.54) is 24.1 Å². The molecule has 104 valence electrons. The maximum atomic E-state index is 13.2. The van der Waals surface area contributed by atoms with Crippen LogP contribution in [0.5, 0.6) is 0 Å². The molecule has 1 amide bonds. The summed E-state index contributed by atoms with van der Waals surface area (Å²) in [6.45, 7) is 0. The minimum atomic E-state index is -0.826. The van der Waals surface area contributed by atoms with Gasteiger partial charge in [-0.05, 0) is 18.2 Å². The molecule has 0 unspecified atom stereocenters. The van der Waals surface area contributed by atoms with Crippen molar-refractivity contribution in [1.29, 1.82) is 0 Å². The minimum Gasteiger partial charge on any atom is -0.464 e. The number of primary amides is 1. The molecule has 0 saturated carbocycles. The van der Waals surface area contributed by atoms with Crippen molar-refractivity contribution >= 4 is 17.6 Å². The quantitative estimate of drug-likeness (QED) is 0.793. The molecule has 20 heavy (non-hydrogen) atoms. The van der Waals surface area contributed by atoms with Crippen LogP contribution in [-0.4, -0.2) is 28.8 Å². The number of aromatic nitrogens is 2. The maximum Gasteiger partial charge on any atom is 0.360 e. The number of carbonyl (C=O) groups excluding carboxylic acids is 2. The van der Waals surface area contributed by atoms with E-state index in [9.17, 15) is 14.0 Å². The molecule has 0 aliphatic heterocycles. The number of hydrogen-bond donors (Lipinski definition) is 2. The molecule has 0 spiro atoms. The third-order valence-electron chi connectivity index (χ3n) is 2.59. The summed E-state index contributed by atoms with van der Waals surface area (Å²) in [6, 6.07) is 3.42. The molecule has 8 heteroatoms. The number of amides is 1. The summed E-state index contributed by atoms with van der Waals surface area (Å²) in [5, 5.41) is 3.91. The van der Waals surface area contributed by atoms with Crippen LogP contribution in [0.2, 0.25) is 0 Å². The van der Waals surface area contributed by atoms with Gasteiger partial charge in [-0.15, -0.1) is 0 Å². The average Bonchev–Trinajstić information content (AvgIpc) is 2.79. The smallest absolute Gasteiger partial charge is 0.360 e. The highest BCUT2D eigenvalue weighted by Crippen LogP contribution is 2.19. The molecule has 0 atom stereocenters. The van der Waals surface area contributed by atoms with Gasteiger partial charge in [-0.1, -0.05) is 0 Å². The van der Waals surface area contributed by atoms with Gasteiger partial charge in [0.2, 0.25) is 0 Å². The second-order valence-corrected chi connectivity index (χ2v) is 3.89. The number of nitrogens with zero attached hydrogens (tertiary/aromatic N) is 2. The number of benzene rings is 1. The summed E-state index contributed by atoms with van der Waals surface area (Å²) in [7, 11) is 1.19. The minimum absolute atomic E-state index is 0.0663. The Morgan fingerprint density at radius 2 is 2.10 bits per heavy atom. The standard InChI is InChI=1S/C12H11FN4O3/c1-20-12(19)10-8(14)5-17(16-10)9-3-2-6(13)4-7(9)11(15)18/h2-5H,14H2,1H3,(H2,15,18). The lowest BCUT2D eigenvalue weighted by atomic mass is 10.1. The fourth-order valence-electron chi connectivity index (χ4n) is 1.67. The monoisotopic (exact) mass is 278 g/mol. The average molecular weight is 278 g/mol. The van der Waals surface area contributed by atoms with Gasteiger partial charge >= 0.3 is 5.97 Å². The second-order valence-electron chi connectivity index (χ2n) is 3.89. The molecule has 0 bridgehead atoms. The molecule has 0 radical (unpaired) electrons. The van der Waals surface area contributed by atoms with E-state index >= 15 is 0 Å². The molecule has 1 aromatic heterocycles. The lowest BCUT2D eigenvalue weighted by molar-refractivity contribution is 0.0594. The summed E-state index contributed by atoms with van der Waals surface area (Å²) >= 11 is 0. The normalized spacial score (nSPS) is 10.3. The predicted molar refractivity (Wildman–Crippen MR) is 67.8 cm³/mol. The molecule has 2 rings (SSSR count). The Bertz CT molecular complexity index is 696. The molecule has 4 N–H and O–H groups in total. The summed E-state index contributed by atoms with van der Waals surface area (Å²) < 4.78 is 18.8. The lowest BCUT2D eigenvalue weighted by Gasteiger charge is -2.06. The zero-order valence-electron chi connectivity index (χ0n) is 10.5.